The Morgan fingerprint density at radius 3 is 2.53 bits per heavy atom. The van der Waals surface area contributed by atoms with E-state index in [4.69, 9.17) is 9.47 Å². The van der Waals surface area contributed by atoms with Gasteiger partial charge >= 0.3 is 0 Å². The first kappa shape index (κ1) is 13.1. The Morgan fingerprint density at radius 2 is 2.00 bits per heavy atom. The standard InChI is InChI=1S/C13H13NO5/c1-8(2)10(6-15)3-9-4-12-13(19-7-18-12)5-11(9)14(16)17/h3-6,8H,7H2,1-2H3. The van der Waals surface area contributed by atoms with E-state index in [2.05, 4.69) is 0 Å². The third-order valence-corrected chi connectivity index (χ3v) is 2.84. The van der Waals surface area contributed by atoms with E-state index in [1.54, 1.807) is 0 Å². The summed E-state index contributed by atoms with van der Waals surface area (Å²) in [6.45, 7) is 3.74. The molecule has 2 rings (SSSR count). The molecule has 1 aliphatic rings. The van der Waals surface area contributed by atoms with E-state index < -0.39 is 4.92 Å². The van der Waals surface area contributed by atoms with Crippen LogP contribution in [0.25, 0.3) is 6.08 Å². The number of benzene rings is 1. The Morgan fingerprint density at radius 1 is 1.37 bits per heavy atom. The molecule has 1 aromatic carbocycles. The summed E-state index contributed by atoms with van der Waals surface area (Å²) >= 11 is 0. The fourth-order valence-electron chi connectivity index (χ4n) is 1.74. The van der Waals surface area contributed by atoms with Crippen LogP contribution in [0, 0.1) is 16.0 Å². The van der Waals surface area contributed by atoms with E-state index in [9.17, 15) is 14.9 Å². The van der Waals surface area contributed by atoms with Gasteiger partial charge in [0, 0.05) is 0 Å². The number of nitro benzene ring substituents is 1. The maximum atomic E-state index is 11.1. The summed E-state index contributed by atoms with van der Waals surface area (Å²) in [5, 5.41) is 11.1. The van der Waals surface area contributed by atoms with Crippen LogP contribution in [0.4, 0.5) is 5.69 Å². The minimum Gasteiger partial charge on any atom is -0.454 e. The van der Waals surface area contributed by atoms with Crippen LogP contribution in [-0.2, 0) is 4.79 Å². The van der Waals surface area contributed by atoms with Crippen molar-refractivity contribution in [3.05, 3.63) is 33.4 Å². The molecule has 0 bridgehead atoms. The predicted octanol–water partition coefficient (Wildman–Crippen LogP) is 2.56. The number of aldehydes is 1. The van der Waals surface area contributed by atoms with E-state index in [0.717, 1.165) is 0 Å². The van der Waals surface area contributed by atoms with Gasteiger partial charge < -0.3 is 9.47 Å². The minimum atomic E-state index is -0.503. The van der Waals surface area contributed by atoms with Gasteiger partial charge in [-0.25, -0.2) is 0 Å². The van der Waals surface area contributed by atoms with Gasteiger partial charge in [-0.1, -0.05) is 13.8 Å². The van der Waals surface area contributed by atoms with Crippen molar-refractivity contribution < 1.29 is 19.2 Å². The van der Waals surface area contributed by atoms with Gasteiger partial charge in [0.05, 0.1) is 16.6 Å². The van der Waals surface area contributed by atoms with E-state index in [-0.39, 0.29) is 18.4 Å². The van der Waals surface area contributed by atoms with E-state index in [1.165, 1.54) is 18.2 Å². The topological polar surface area (TPSA) is 78.7 Å². The molecule has 0 N–H and O–H groups in total. The molecule has 6 nitrogen and oxygen atoms in total. The number of nitro groups is 1. The molecule has 1 heterocycles. The molecule has 100 valence electrons. The van der Waals surface area contributed by atoms with Gasteiger partial charge in [0.25, 0.3) is 5.69 Å². The van der Waals surface area contributed by atoms with E-state index in [0.29, 0.717) is 28.9 Å². The van der Waals surface area contributed by atoms with Crippen LogP contribution in [0.5, 0.6) is 11.5 Å². The lowest BCUT2D eigenvalue weighted by atomic mass is 10.0. The van der Waals surface area contributed by atoms with Crippen molar-refractivity contribution >= 4 is 18.0 Å². The van der Waals surface area contributed by atoms with Crippen molar-refractivity contribution in [2.75, 3.05) is 6.79 Å². The Balaban J connectivity index is 2.55. The highest BCUT2D eigenvalue weighted by Gasteiger charge is 2.22. The summed E-state index contributed by atoms with van der Waals surface area (Å²) in [5.74, 6) is 0.787. The first-order chi connectivity index (χ1) is 9.02. The highest BCUT2D eigenvalue weighted by molar-refractivity contribution is 5.84. The molecule has 0 saturated heterocycles. The first-order valence-corrected chi connectivity index (χ1v) is 5.77. The molecule has 0 unspecified atom stereocenters. The van der Waals surface area contributed by atoms with Crippen molar-refractivity contribution in [3.63, 3.8) is 0 Å². The van der Waals surface area contributed by atoms with Crippen LogP contribution in [0.2, 0.25) is 0 Å². The normalized spacial score (nSPS) is 13.7. The number of allylic oxidation sites excluding steroid dienone is 1. The molecule has 1 aliphatic heterocycles. The fraction of sp³-hybridized carbons (Fsp3) is 0.308. The highest BCUT2D eigenvalue weighted by Crippen LogP contribution is 2.38. The Labute approximate surface area is 109 Å². The number of fused-ring (bicyclic) bond motifs is 1. The maximum Gasteiger partial charge on any atom is 0.280 e. The van der Waals surface area contributed by atoms with Gasteiger partial charge in [-0.05, 0) is 23.6 Å². The number of carbonyl (C=O) groups is 1. The zero-order valence-corrected chi connectivity index (χ0v) is 10.6. The summed E-state index contributed by atoms with van der Waals surface area (Å²) in [5.41, 5.74) is 0.719. The van der Waals surface area contributed by atoms with Crippen molar-refractivity contribution in [2.45, 2.75) is 13.8 Å². The van der Waals surface area contributed by atoms with Crippen LogP contribution >= 0.6 is 0 Å². The molecule has 0 amide bonds. The molecule has 0 aliphatic carbocycles. The second-order valence-electron chi connectivity index (χ2n) is 4.44. The van der Waals surface area contributed by atoms with Crippen molar-refractivity contribution in [3.8, 4) is 11.5 Å². The number of rotatable bonds is 4. The van der Waals surface area contributed by atoms with Gasteiger partial charge in [-0.3, -0.25) is 14.9 Å². The molecule has 0 radical (unpaired) electrons. The Hall–Kier alpha value is -2.37. The number of carbonyl (C=O) groups excluding carboxylic acids is 1. The Bertz CT molecular complexity index is 562. The van der Waals surface area contributed by atoms with Crippen LogP contribution in [0.15, 0.2) is 17.7 Å². The van der Waals surface area contributed by atoms with Gasteiger partial charge in [0.1, 0.15) is 6.29 Å². The van der Waals surface area contributed by atoms with Gasteiger partial charge in [-0.15, -0.1) is 0 Å². The number of hydrogen-bond acceptors (Lipinski definition) is 5. The van der Waals surface area contributed by atoms with E-state index >= 15 is 0 Å². The Kier molecular flexibility index (Phi) is 3.50. The second kappa shape index (κ2) is 5.09. The van der Waals surface area contributed by atoms with Crippen LogP contribution < -0.4 is 9.47 Å². The quantitative estimate of drug-likeness (QED) is 0.361. The number of ether oxygens (including phenoxy) is 2. The molecular formula is C13H13NO5. The molecule has 0 aromatic heterocycles. The van der Waals surface area contributed by atoms with Crippen LogP contribution in [0.1, 0.15) is 19.4 Å². The molecule has 6 heteroatoms. The summed E-state index contributed by atoms with van der Waals surface area (Å²) < 4.78 is 10.3. The summed E-state index contributed by atoms with van der Waals surface area (Å²) in [4.78, 5) is 21.5. The van der Waals surface area contributed by atoms with Gasteiger partial charge in [0.2, 0.25) is 6.79 Å². The van der Waals surface area contributed by atoms with Gasteiger partial charge in [-0.2, -0.15) is 0 Å². The van der Waals surface area contributed by atoms with Gasteiger partial charge in [0.15, 0.2) is 11.5 Å². The largest absolute Gasteiger partial charge is 0.454 e. The summed E-state index contributed by atoms with van der Waals surface area (Å²) in [7, 11) is 0. The first-order valence-electron chi connectivity index (χ1n) is 5.77. The van der Waals surface area contributed by atoms with Crippen LogP contribution in [-0.4, -0.2) is 18.0 Å². The third kappa shape index (κ3) is 2.57. The lowest BCUT2D eigenvalue weighted by Gasteiger charge is -2.05. The SMILES string of the molecule is CC(C)C(C=O)=Cc1cc2c(cc1[N+](=O)[O-])OCO2. The third-order valence-electron chi connectivity index (χ3n) is 2.84. The molecule has 19 heavy (non-hydrogen) atoms. The van der Waals surface area contributed by atoms with Crippen LogP contribution in [0.3, 0.4) is 0 Å². The molecule has 0 spiro atoms. The monoisotopic (exact) mass is 263 g/mol. The molecule has 0 atom stereocenters. The summed E-state index contributed by atoms with van der Waals surface area (Å²) in [6, 6.07) is 2.84. The molecule has 0 saturated carbocycles. The molecule has 0 fully saturated rings. The molecular weight excluding hydrogens is 250 g/mol. The zero-order chi connectivity index (χ0) is 14.0. The van der Waals surface area contributed by atoms with E-state index in [1.807, 2.05) is 13.8 Å². The smallest absolute Gasteiger partial charge is 0.280 e. The second-order valence-corrected chi connectivity index (χ2v) is 4.44. The predicted molar refractivity (Wildman–Crippen MR) is 68.1 cm³/mol. The van der Waals surface area contributed by atoms with Crippen molar-refractivity contribution in [1.82, 2.24) is 0 Å². The number of nitrogens with zero attached hydrogens (tertiary/aromatic N) is 1. The number of hydrogen-bond donors (Lipinski definition) is 0. The zero-order valence-electron chi connectivity index (χ0n) is 10.6. The average molecular weight is 263 g/mol. The fourth-order valence-corrected chi connectivity index (χ4v) is 1.74. The molecule has 1 aromatic rings. The minimum absolute atomic E-state index is 0.0115. The lowest BCUT2D eigenvalue weighted by Crippen LogP contribution is -1.97. The van der Waals surface area contributed by atoms with Crippen molar-refractivity contribution in [1.29, 1.82) is 0 Å². The average Bonchev–Trinajstić information content (AvgIpc) is 2.81. The van der Waals surface area contributed by atoms with Crippen molar-refractivity contribution in [2.24, 2.45) is 5.92 Å². The summed E-state index contributed by atoms with van der Waals surface area (Å²) in [6.07, 6.45) is 2.22. The lowest BCUT2D eigenvalue weighted by molar-refractivity contribution is -0.385. The highest BCUT2D eigenvalue weighted by atomic mass is 16.7. The maximum absolute atomic E-state index is 11.1.